The van der Waals surface area contributed by atoms with Gasteiger partial charge in [-0.25, -0.2) is 0 Å². The number of nitrogens with zero attached hydrogens (tertiary/aromatic N) is 1. The molecule has 0 fully saturated rings. The SMILES string of the molecule is CCCCc1cc(C(=O)c2[nH]c(=S)[nH]c2C(C)C)ccn1. The van der Waals surface area contributed by atoms with Gasteiger partial charge in [0, 0.05) is 23.1 Å². The Morgan fingerprint density at radius 3 is 2.81 bits per heavy atom. The predicted octanol–water partition coefficient (Wildman–Crippen LogP) is 4.16. The van der Waals surface area contributed by atoms with Crippen molar-refractivity contribution in [2.45, 2.75) is 46.0 Å². The molecule has 112 valence electrons. The Bertz CT molecular complexity index is 685. The van der Waals surface area contributed by atoms with E-state index in [1.54, 1.807) is 12.3 Å². The number of ketones is 1. The number of carbonyl (C=O) groups excluding carboxylic acids is 1. The molecule has 4 nitrogen and oxygen atoms in total. The third-order valence-corrected chi connectivity index (χ3v) is 3.63. The summed E-state index contributed by atoms with van der Waals surface area (Å²) in [6.07, 6.45) is 4.79. The van der Waals surface area contributed by atoms with Crippen LogP contribution < -0.4 is 0 Å². The second-order valence-electron chi connectivity index (χ2n) is 5.49. The van der Waals surface area contributed by atoms with Crippen molar-refractivity contribution in [3.05, 3.63) is 45.7 Å². The molecule has 2 heterocycles. The summed E-state index contributed by atoms with van der Waals surface area (Å²) in [7, 11) is 0. The van der Waals surface area contributed by atoms with Crippen LogP contribution in [-0.4, -0.2) is 20.7 Å². The Hall–Kier alpha value is -1.75. The Balaban J connectivity index is 2.34. The lowest BCUT2D eigenvalue weighted by molar-refractivity contribution is 0.103. The lowest BCUT2D eigenvalue weighted by Gasteiger charge is -2.07. The number of pyridine rings is 1. The van der Waals surface area contributed by atoms with E-state index < -0.39 is 0 Å². The summed E-state index contributed by atoms with van der Waals surface area (Å²) < 4.78 is 0.488. The summed E-state index contributed by atoms with van der Waals surface area (Å²) in [6.45, 7) is 6.21. The van der Waals surface area contributed by atoms with E-state index in [4.69, 9.17) is 12.2 Å². The van der Waals surface area contributed by atoms with Crippen molar-refractivity contribution in [1.82, 2.24) is 15.0 Å². The summed E-state index contributed by atoms with van der Waals surface area (Å²) in [6, 6.07) is 3.64. The quantitative estimate of drug-likeness (QED) is 0.622. The molecule has 0 saturated carbocycles. The zero-order valence-corrected chi connectivity index (χ0v) is 13.5. The number of aryl methyl sites for hydroxylation is 1. The standard InChI is InChI=1S/C16H21N3OS/c1-4-5-6-12-9-11(7-8-17-12)15(20)14-13(10(2)3)18-16(21)19-14/h7-10H,4-6H2,1-3H3,(H2,18,19,21). The minimum Gasteiger partial charge on any atom is -0.334 e. The third kappa shape index (κ3) is 3.67. The number of H-pyrrole nitrogens is 2. The van der Waals surface area contributed by atoms with Crippen molar-refractivity contribution in [2.75, 3.05) is 0 Å². The van der Waals surface area contributed by atoms with Crippen LogP contribution in [0.2, 0.25) is 0 Å². The van der Waals surface area contributed by atoms with E-state index in [2.05, 4.69) is 21.9 Å². The van der Waals surface area contributed by atoms with Gasteiger partial charge >= 0.3 is 0 Å². The minimum atomic E-state index is -0.0359. The smallest absolute Gasteiger partial charge is 0.211 e. The molecule has 0 radical (unpaired) electrons. The highest BCUT2D eigenvalue weighted by molar-refractivity contribution is 7.71. The molecule has 2 N–H and O–H groups in total. The van der Waals surface area contributed by atoms with Crippen LogP contribution in [-0.2, 0) is 6.42 Å². The molecule has 0 bridgehead atoms. The van der Waals surface area contributed by atoms with E-state index >= 15 is 0 Å². The minimum absolute atomic E-state index is 0.0359. The summed E-state index contributed by atoms with van der Waals surface area (Å²) >= 11 is 5.12. The fourth-order valence-corrected chi connectivity index (χ4v) is 2.48. The maximum absolute atomic E-state index is 12.7. The first-order valence-corrected chi connectivity index (χ1v) is 7.75. The third-order valence-electron chi connectivity index (χ3n) is 3.43. The molecule has 0 aliphatic rings. The maximum Gasteiger partial charge on any atom is 0.211 e. The first-order valence-electron chi connectivity index (χ1n) is 7.34. The maximum atomic E-state index is 12.7. The van der Waals surface area contributed by atoms with E-state index in [0.717, 1.165) is 30.7 Å². The van der Waals surface area contributed by atoms with E-state index in [0.29, 0.717) is 16.0 Å². The lowest BCUT2D eigenvalue weighted by atomic mass is 10.0. The van der Waals surface area contributed by atoms with Crippen molar-refractivity contribution in [3.8, 4) is 0 Å². The Morgan fingerprint density at radius 2 is 2.14 bits per heavy atom. The van der Waals surface area contributed by atoms with Gasteiger partial charge in [0.2, 0.25) is 5.78 Å². The first kappa shape index (κ1) is 15.6. The van der Waals surface area contributed by atoms with E-state index in [1.807, 2.05) is 19.9 Å². The second kappa shape index (κ2) is 6.80. The van der Waals surface area contributed by atoms with Gasteiger partial charge in [0.05, 0.1) is 0 Å². The zero-order chi connectivity index (χ0) is 15.4. The summed E-state index contributed by atoms with van der Waals surface area (Å²) in [5, 5.41) is 0. The molecular weight excluding hydrogens is 282 g/mol. The summed E-state index contributed by atoms with van der Waals surface area (Å²) in [4.78, 5) is 23.1. The molecule has 5 heteroatoms. The van der Waals surface area contributed by atoms with Crippen LogP contribution in [0.3, 0.4) is 0 Å². The number of hydrogen-bond donors (Lipinski definition) is 2. The number of hydrogen-bond acceptors (Lipinski definition) is 3. The highest BCUT2D eigenvalue weighted by Gasteiger charge is 2.18. The van der Waals surface area contributed by atoms with Crippen molar-refractivity contribution in [2.24, 2.45) is 0 Å². The monoisotopic (exact) mass is 303 g/mol. The molecule has 0 spiro atoms. The van der Waals surface area contributed by atoms with Crippen LogP contribution >= 0.6 is 12.2 Å². The molecule has 0 aliphatic heterocycles. The fraction of sp³-hybridized carbons (Fsp3) is 0.438. The summed E-state index contributed by atoms with van der Waals surface area (Å²) in [5.74, 6) is 0.171. The van der Waals surface area contributed by atoms with Crippen LogP contribution in [0.15, 0.2) is 18.3 Å². The molecule has 0 atom stereocenters. The molecular formula is C16H21N3OS. The molecule has 0 saturated heterocycles. The van der Waals surface area contributed by atoms with Gasteiger partial charge in [-0.3, -0.25) is 9.78 Å². The molecule has 2 rings (SSSR count). The number of nitrogens with one attached hydrogen (secondary N) is 2. The average molecular weight is 303 g/mol. The second-order valence-corrected chi connectivity index (χ2v) is 5.90. The molecule has 0 aliphatic carbocycles. The van der Waals surface area contributed by atoms with Gasteiger partial charge in [-0.05, 0) is 43.1 Å². The van der Waals surface area contributed by atoms with Gasteiger partial charge in [0.1, 0.15) is 5.69 Å². The number of imidazole rings is 1. The molecule has 2 aromatic rings. The number of rotatable bonds is 6. The summed E-state index contributed by atoms with van der Waals surface area (Å²) in [5.41, 5.74) is 3.03. The number of unbranched alkanes of at least 4 members (excludes halogenated alkanes) is 1. The predicted molar refractivity (Wildman–Crippen MR) is 86.3 cm³/mol. The average Bonchev–Trinajstić information content (AvgIpc) is 2.87. The van der Waals surface area contributed by atoms with Gasteiger partial charge < -0.3 is 9.97 Å². The molecule has 0 amide bonds. The Labute approximate surface area is 130 Å². The van der Waals surface area contributed by atoms with Crippen LogP contribution in [0.4, 0.5) is 0 Å². The van der Waals surface area contributed by atoms with Gasteiger partial charge in [-0.15, -0.1) is 0 Å². The van der Waals surface area contributed by atoms with Crippen LogP contribution in [0.25, 0.3) is 0 Å². The van der Waals surface area contributed by atoms with Crippen LogP contribution in [0.5, 0.6) is 0 Å². The molecule has 0 aromatic carbocycles. The molecule has 2 aromatic heterocycles. The first-order chi connectivity index (χ1) is 10.0. The molecule has 0 unspecified atom stereocenters. The lowest BCUT2D eigenvalue weighted by Crippen LogP contribution is -2.07. The van der Waals surface area contributed by atoms with Crippen molar-refractivity contribution < 1.29 is 4.79 Å². The molecule has 21 heavy (non-hydrogen) atoms. The van der Waals surface area contributed by atoms with Gasteiger partial charge in [0.15, 0.2) is 4.77 Å². The van der Waals surface area contributed by atoms with Gasteiger partial charge in [-0.2, -0.15) is 0 Å². The van der Waals surface area contributed by atoms with E-state index in [9.17, 15) is 4.79 Å². The normalized spacial score (nSPS) is 11.0. The zero-order valence-electron chi connectivity index (χ0n) is 12.7. The van der Waals surface area contributed by atoms with E-state index in [-0.39, 0.29) is 11.7 Å². The van der Waals surface area contributed by atoms with Crippen molar-refractivity contribution >= 4 is 18.0 Å². The van der Waals surface area contributed by atoms with Crippen molar-refractivity contribution in [3.63, 3.8) is 0 Å². The van der Waals surface area contributed by atoms with Gasteiger partial charge in [-0.1, -0.05) is 27.2 Å². The Kier molecular flexibility index (Phi) is 5.07. The van der Waals surface area contributed by atoms with E-state index in [1.165, 1.54) is 0 Å². The number of carbonyl (C=O) groups is 1. The van der Waals surface area contributed by atoms with Crippen molar-refractivity contribution in [1.29, 1.82) is 0 Å². The topological polar surface area (TPSA) is 61.5 Å². The van der Waals surface area contributed by atoms with Crippen LogP contribution in [0.1, 0.15) is 67.0 Å². The Morgan fingerprint density at radius 1 is 1.38 bits per heavy atom. The largest absolute Gasteiger partial charge is 0.334 e. The number of aromatic nitrogens is 3. The fourth-order valence-electron chi connectivity index (χ4n) is 2.27. The highest BCUT2D eigenvalue weighted by atomic mass is 32.1. The highest BCUT2D eigenvalue weighted by Crippen LogP contribution is 2.19. The van der Waals surface area contributed by atoms with Crippen LogP contribution in [0, 0.1) is 4.77 Å². The number of aromatic amines is 2. The van der Waals surface area contributed by atoms with Gasteiger partial charge in [0.25, 0.3) is 0 Å².